The zero-order chi connectivity index (χ0) is 27.5. The lowest BCUT2D eigenvalue weighted by molar-refractivity contribution is -0.142. The predicted molar refractivity (Wildman–Crippen MR) is 141 cm³/mol. The smallest absolute Gasteiger partial charge is 0.326 e. The molecule has 0 fully saturated rings. The van der Waals surface area contributed by atoms with Crippen LogP contribution in [0.1, 0.15) is 35.1 Å². The minimum Gasteiger partial charge on any atom is -0.508 e. The molecular formula is C26H36N6O5. The highest BCUT2D eigenvalue weighted by Crippen LogP contribution is 2.22. The third-order valence-electron chi connectivity index (χ3n) is 5.92. The molecule has 11 nitrogen and oxygen atoms in total. The summed E-state index contributed by atoms with van der Waals surface area (Å²) in [7, 11) is 0. The standard InChI is InChI=1S/C26H36N6O5/c1-15-11-18(33)12-16(2)19(15)14-21(31-23(34)20(27)9-6-10-30-26(28)29)24(35)32-22(25(36)37)13-17-7-4-3-5-8-17/h3-5,7-8,11-12,20-22,33H,6,9-10,13-14,27H2,1-2H3,(H,31,34)(H,32,35)(H,36,37)(H4,28,29,30)/t20-,21-,22-/m0/s1. The number of aliphatic carboxylic acids is 1. The van der Waals surface area contributed by atoms with Crippen LogP contribution in [0, 0.1) is 13.8 Å². The van der Waals surface area contributed by atoms with Crippen molar-refractivity contribution >= 4 is 23.7 Å². The van der Waals surface area contributed by atoms with Crippen LogP contribution in [0.25, 0.3) is 0 Å². The van der Waals surface area contributed by atoms with E-state index in [4.69, 9.17) is 17.2 Å². The van der Waals surface area contributed by atoms with E-state index >= 15 is 0 Å². The minimum atomic E-state index is -1.20. The molecule has 11 heteroatoms. The Morgan fingerprint density at radius 2 is 1.54 bits per heavy atom. The number of phenolic OH excluding ortho intramolecular Hbond substituents is 1. The number of carboxylic acids is 1. The van der Waals surface area contributed by atoms with Gasteiger partial charge in [-0.1, -0.05) is 30.3 Å². The van der Waals surface area contributed by atoms with Crippen molar-refractivity contribution in [2.75, 3.05) is 6.54 Å². The quantitative estimate of drug-likeness (QED) is 0.112. The molecule has 0 bridgehead atoms. The number of nitrogens with two attached hydrogens (primary N) is 3. The van der Waals surface area contributed by atoms with Gasteiger partial charge in [0.15, 0.2) is 5.96 Å². The molecule has 2 aromatic carbocycles. The highest BCUT2D eigenvalue weighted by Gasteiger charge is 2.29. The molecule has 0 aromatic heterocycles. The lowest BCUT2D eigenvalue weighted by Gasteiger charge is -2.24. The van der Waals surface area contributed by atoms with Crippen LogP contribution < -0.4 is 27.8 Å². The number of aromatic hydroxyl groups is 1. The Morgan fingerprint density at radius 1 is 0.946 bits per heavy atom. The zero-order valence-electron chi connectivity index (χ0n) is 21.1. The number of carboxylic acid groups (broad SMARTS) is 1. The highest BCUT2D eigenvalue weighted by molar-refractivity contribution is 5.92. The van der Waals surface area contributed by atoms with E-state index in [0.717, 1.165) is 22.3 Å². The van der Waals surface area contributed by atoms with E-state index in [9.17, 15) is 24.6 Å². The average molecular weight is 513 g/mol. The molecule has 0 heterocycles. The molecule has 0 aliphatic rings. The van der Waals surface area contributed by atoms with E-state index in [2.05, 4.69) is 15.6 Å². The molecular weight excluding hydrogens is 476 g/mol. The molecule has 0 aliphatic heterocycles. The monoisotopic (exact) mass is 512 g/mol. The Morgan fingerprint density at radius 3 is 2.11 bits per heavy atom. The van der Waals surface area contributed by atoms with Gasteiger partial charge in [-0.25, -0.2) is 4.79 Å². The van der Waals surface area contributed by atoms with Gasteiger partial charge in [0.1, 0.15) is 17.8 Å². The van der Waals surface area contributed by atoms with Crippen molar-refractivity contribution in [1.82, 2.24) is 10.6 Å². The van der Waals surface area contributed by atoms with Crippen molar-refractivity contribution in [1.29, 1.82) is 0 Å². The van der Waals surface area contributed by atoms with Gasteiger partial charge in [0, 0.05) is 19.4 Å². The second-order valence-electron chi connectivity index (χ2n) is 8.97. The summed E-state index contributed by atoms with van der Waals surface area (Å²) in [4.78, 5) is 41.9. The van der Waals surface area contributed by atoms with Crippen molar-refractivity contribution in [3.63, 3.8) is 0 Å². The van der Waals surface area contributed by atoms with Crippen molar-refractivity contribution < 1.29 is 24.6 Å². The average Bonchev–Trinajstić information content (AvgIpc) is 2.82. The van der Waals surface area contributed by atoms with Crippen LogP contribution in [0.15, 0.2) is 47.5 Å². The first-order valence-electron chi connectivity index (χ1n) is 12.0. The number of phenols is 1. The molecule has 0 radical (unpaired) electrons. The third-order valence-corrected chi connectivity index (χ3v) is 5.92. The zero-order valence-corrected chi connectivity index (χ0v) is 21.1. The maximum Gasteiger partial charge on any atom is 0.326 e. The highest BCUT2D eigenvalue weighted by atomic mass is 16.4. The summed E-state index contributed by atoms with van der Waals surface area (Å²) in [6.45, 7) is 3.87. The molecule has 2 amide bonds. The van der Waals surface area contributed by atoms with E-state index in [1.54, 1.807) is 50.2 Å². The fourth-order valence-corrected chi connectivity index (χ4v) is 3.96. The summed E-state index contributed by atoms with van der Waals surface area (Å²) < 4.78 is 0. The van der Waals surface area contributed by atoms with Gasteiger partial charge in [-0.05, 0) is 61.1 Å². The molecule has 2 rings (SSSR count). The number of carbonyl (C=O) groups excluding carboxylic acids is 2. The van der Waals surface area contributed by atoms with E-state index < -0.39 is 35.9 Å². The van der Waals surface area contributed by atoms with Crippen LogP contribution in [0.2, 0.25) is 0 Å². The first-order valence-corrected chi connectivity index (χ1v) is 12.0. The predicted octanol–water partition coefficient (Wildman–Crippen LogP) is 0.229. The summed E-state index contributed by atoms with van der Waals surface area (Å²) in [5.74, 6) is -2.39. The number of rotatable bonds is 13. The summed E-state index contributed by atoms with van der Waals surface area (Å²) in [6.07, 6.45) is 0.885. The number of aliphatic imine (C=N–C) groups is 1. The molecule has 2 aromatic rings. The van der Waals surface area contributed by atoms with E-state index in [-0.39, 0.29) is 31.0 Å². The normalized spacial score (nSPS) is 13.2. The Labute approximate surface area is 216 Å². The molecule has 37 heavy (non-hydrogen) atoms. The van der Waals surface area contributed by atoms with Gasteiger partial charge in [-0.3, -0.25) is 14.6 Å². The van der Waals surface area contributed by atoms with Crippen molar-refractivity contribution in [3.8, 4) is 5.75 Å². The summed E-state index contributed by atoms with van der Waals surface area (Å²) >= 11 is 0. The Bertz CT molecular complexity index is 1090. The fraction of sp³-hybridized carbons (Fsp3) is 0.385. The Kier molecular flexibility index (Phi) is 10.9. The number of carbonyl (C=O) groups is 3. The number of benzene rings is 2. The number of hydrogen-bond donors (Lipinski definition) is 7. The number of amides is 2. The molecule has 3 atom stereocenters. The van der Waals surface area contributed by atoms with Gasteiger partial charge < -0.3 is 38.0 Å². The lowest BCUT2D eigenvalue weighted by atomic mass is 9.95. The van der Waals surface area contributed by atoms with Crippen LogP contribution >= 0.6 is 0 Å². The van der Waals surface area contributed by atoms with E-state index in [1.165, 1.54) is 0 Å². The van der Waals surface area contributed by atoms with Crippen molar-refractivity contribution in [2.24, 2.45) is 22.2 Å². The number of guanidine groups is 1. The van der Waals surface area contributed by atoms with E-state index in [1.807, 2.05) is 6.07 Å². The molecule has 200 valence electrons. The van der Waals surface area contributed by atoms with Crippen LogP contribution in [0.4, 0.5) is 0 Å². The summed E-state index contributed by atoms with van der Waals surface area (Å²) in [6, 6.07) is 8.80. The number of nitrogens with zero attached hydrogens (tertiary/aromatic N) is 1. The molecule has 0 saturated heterocycles. The first-order chi connectivity index (χ1) is 17.5. The van der Waals surface area contributed by atoms with Crippen LogP contribution in [-0.4, -0.2) is 58.6 Å². The Balaban J connectivity index is 2.22. The molecule has 0 unspecified atom stereocenters. The van der Waals surface area contributed by atoms with Gasteiger partial charge in [-0.2, -0.15) is 0 Å². The maximum absolute atomic E-state index is 13.3. The van der Waals surface area contributed by atoms with Gasteiger partial charge in [0.2, 0.25) is 11.8 Å². The number of nitrogens with one attached hydrogen (secondary N) is 2. The van der Waals surface area contributed by atoms with Crippen LogP contribution in [-0.2, 0) is 27.2 Å². The minimum absolute atomic E-state index is 0.0575. The van der Waals surface area contributed by atoms with Crippen LogP contribution in [0.5, 0.6) is 5.75 Å². The van der Waals surface area contributed by atoms with Gasteiger partial charge in [0.05, 0.1) is 6.04 Å². The summed E-state index contributed by atoms with van der Waals surface area (Å²) in [5, 5.41) is 24.8. The SMILES string of the molecule is Cc1cc(O)cc(C)c1C[C@H](NC(=O)[C@@H](N)CCCN=C(N)N)C(=O)N[C@@H](Cc1ccccc1)C(=O)O. The fourth-order valence-electron chi connectivity index (χ4n) is 3.96. The third kappa shape index (κ3) is 9.45. The lowest BCUT2D eigenvalue weighted by Crippen LogP contribution is -2.55. The van der Waals surface area contributed by atoms with Gasteiger partial charge in [0.25, 0.3) is 0 Å². The number of hydrogen-bond acceptors (Lipinski definition) is 6. The second kappa shape index (κ2) is 13.8. The second-order valence-corrected chi connectivity index (χ2v) is 8.97. The van der Waals surface area contributed by atoms with Gasteiger partial charge >= 0.3 is 5.97 Å². The topological polar surface area (TPSA) is 206 Å². The number of aryl methyl sites for hydroxylation is 2. The Hall–Kier alpha value is -4.12. The first kappa shape index (κ1) is 29.1. The molecule has 0 saturated carbocycles. The van der Waals surface area contributed by atoms with Crippen molar-refractivity contribution in [3.05, 3.63) is 64.7 Å². The molecule has 0 spiro atoms. The summed E-state index contributed by atoms with van der Waals surface area (Å²) in [5.41, 5.74) is 19.6. The largest absolute Gasteiger partial charge is 0.508 e. The van der Waals surface area contributed by atoms with E-state index in [0.29, 0.717) is 13.0 Å². The maximum atomic E-state index is 13.3. The van der Waals surface area contributed by atoms with Crippen molar-refractivity contribution in [2.45, 2.75) is 57.7 Å². The van der Waals surface area contributed by atoms with Gasteiger partial charge in [-0.15, -0.1) is 0 Å². The molecule has 10 N–H and O–H groups in total. The van der Waals surface area contributed by atoms with Crippen LogP contribution in [0.3, 0.4) is 0 Å². The molecule has 0 aliphatic carbocycles.